The second-order valence-electron chi connectivity index (χ2n) is 11.8. The molecule has 0 aromatic heterocycles. The van der Waals surface area contributed by atoms with Gasteiger partial charge >= 0.3 is 0 Å². The molecule has 46 heavy (non-hydrogen) atoms. The number of carbonyl (C=O) groups is 3. The van der Waals surface area contributed by atoms with Crippen LogP contribution in [0, 0.1) is 11.8 Å². The van der Waals surface area contributed by atoms with Crippen LogP contribution in [0.2, 0.25) is 5.02 Å². The predicted molar refractivity (Wildman–Crippen MR) is 183 cm³/mol. The standard InChI is InChI=1S/C35H41BrClN3O6/c1-4-18-38(23-14-16-24(17-15-23)45-6-3)32(42)28-29-33(43)40(20-10-7-11-21-41)31(35(29)22-25(36)30(28)46-35)34(44)39(19-5-2)27-13-9-8-12-26(27)37/h4-5,8-9,12-17,25,28-31,41H,1-2,6-7,10-11,18-22H2,3H3/t25?,28-,29+,30-,31?,35?/m1/s1. The van der Waals surface area contributed by atoms with Gasteiger partial charge in [-0.15, -0.1) is 13.2 Å². The SMILES string of the molecule is C=CCN(C(=O)[C@H]1[C@@H]2OC3(CC2Br)C(C(=O)N(CC=C)c2ccccc2Cl)N(CCCCCO)C(=O)[C@H]13)c1ccc(OCC)cc1. The number of rotatable bonds is 15. The lowest BCUT2D eigenvalue weighted by molar-refractivity contribution is -0.140. The molecule has 3 unspecified atom stereocenters. The summed E-state index contributed by atoms with van der Waals surface area (Å²) in [6.07, 6.45) is 4.89. The number of likely N-dealkylation sites (tertiary alicyclic amines) is 1. The quantitative estimate of drug-likeness (QED) is 0.151. The number of hydrogen-bond acceptors (Lipinski definition) is 6. The van der Waals surface area contributed by atoms with Gasteiger partial charge < -0.3 is 29.3 Å². The van der Waals surface area contributed by atoms with Gasteiger partial charge in [0, 0.05) is 36.8 Å². The zero-order valence-corrected chi connectivity index (χ0v) is 28.4. The highest BCUT2D eigenvalue weighted by Gasteiger charge is 2.77. The van der Waals surface area contributed by atoms with Gasteiger partial charge in [0.2, 0.25) is 11.8 Å². The lowest BCUT2D eigenvalue weighted by atomic mass is 9.70. The van der Waals surface area contributed by atoms with Crippen molar-refractivity contribution >= 4 is 56.6 Å². The lowest BCUT2D eigenvalue weighted by Gasteiger charge is -2.37. The third-order valence-corrected chi connectivity index (χ3v) is 10.3. The van der Waals surface area contributed by atoms with E-state index in [9.17, 15) is 19.5 Å². The first-order valence-corrected chi connectivity index (χ1v) is 17.1. The summed E-state index contributed by atoms with van der Waals surface area (Å²) in [6.45, 7) is 10.9. The van der Waals surface area contributed by atoms with Gasteiger partial charge in [0.15, 0.2) is 0 Å². The Morgan fingerprint density at radius 3 is 2.43 bits per heavy atom. The van der Waals surface area contributed by atoms with Crippen molar-refractivity contribution in [1.29, 1.82) is 0 Å². The minimum Gasteiger partial charge on any atom is -0.494 e. The summed E-state index contributed by atoms with van der Waals surface area (Å²) in [4.78, 5) is 48.4. The maximum absolute atomic E-state index is 14.8. The zero-order chi connectivity index (χ0) is 33.0. The van der Waals surface area contributed by atoms with Crippen molar-refractivity contribution in [3.63, 3.8) is 0 Å². The maximum atomic E-state index is 14.8. The topological polar surface area (TPSA) is 99.6 Å². The number of unbranched alkanes of at least 4 members (excludes halogenated alkanes) is 2. The van der Waals surface area contributed by atoms with Crippen molar-refractivity contribution in [2.75, 3.05) is 42.6 Å². The van der Waals surface area contributed by atoms with Gasteiger partial charge in [-0.1, -0.05) is 51.8 Å². The molecule has 2 aromatic rings. The number of anilines is 2. The minimum absolute atomic E-state index is 0.0415. The average Bonchev–Trinajstić information content (AvgIpc) is 3.64. The number of aliphatic hydroxyl groups excluding tert-OH is 1. The summed E-state index contributed by atoms with van der Waals surface area (Å²) in [7, 11) is 0. The summed E-state index contributed by atoms with van der Waals surface area (Å²) in [6, 6.07) is 13.3. The summed E-state index contributed by atoms with van der Waals surface area (Å²) in [5, 5.41) is 9.75. The van der Waals surface area contributed by atoms with E-state index in [4.69, 9.17) is 21.1 Å². The third-order valence-electron chi connectivity index (χ3n) is 9.12. The van der Waals surface area contributed by atoms with Crippen LogP contribution in [-0.2, 0) is 19.1 Å². The Labute approximate surface area is 283 Å². The van der Waals surface area contributed by atoms with Crippen LogP contribution in [0.25, 0.3) is 0 Å². The predicted octanol–water partition coefficient (Wildman–Crippen LogP) is 5.39. The molecule has 2 aromatic carbocycles. The fourth-order valence-corrected chi connectivity index (χ4v) is 8.46. The molecule has 3 heterocycles. The first-order chi connectivity index (χ1) is 22.2. The van der Waals surface area contributed by atoms with Crippen molar-refractivity contribution in [1.82, 2.24) is 4.90 Å². The molecule has 3 saturated heterocycles. The Morgan fingerprint density at radius 2 is 1.78 bits per heavy atom. The van der Waals surface area contributed by atoms with Crippen LogP contribution in [0.3, 0.4) is 0 Å². The molecule has 11 heteroatoms. The largest absolute Gasteiger partial charge is 0.494 e. The summed E-state index contributed by atoms with van der Waals surface area (Å²) >= 11 is 10.3. The number of carbonyl (C=O) groups excluding carboxylic acids is 3. The van der Waals surface area contributed by atoms with E-state index in [1.807, 2.05) is 19.1 Å². The van der Waals surface area contributed by atoms with E-state index >= 15 is 0 Å². The Hall–Kier alpha value is -3.18. The van der Waals surface area contributed by atoms with Crippen LogP contribution in [0.15, 0.2) is 73.8 Å². The van der Waals surface area contributed by atoms with Crippen molar-refractivity contribution in [2.45, 2.75) is 55.2 Å². The van der Waals surface area contributed by atoms with Crippen molar-refractivity contribution < 1.29 is 29.0 Å². The molecule has 3 fully saturated rings. The van der Waals surface area contributed by atoms with Gasteiger partial charge in [-0.05, 0) is 69.0 Å². The summed E-state index contributed by atoms with van der Waals surface area (Å²) in [5.74, 6) is -1.88. The van der Waals surface area contributed by atoms with Crippen LogP contribution in [0.5, 0.6) is 5.75 Å². The maximum Gasteiger partial charge on any atom is 0.253 e. The van der Waals surface area contributed by atoms with E-state index in [-0.39, 0.29) is 48.8 Å². The van der Waals surface area contributed by atoms with Crippen LogP contribution in [0.4, 0.5) is 11.4 Å². The number of para-hydroxylation sites is 1. The van der Waals surface area contributed by atoms with Crippen LogP contribution in [0.1, 0.15) is 32.6 Å². The van der Waals surface area contributed by atoms with Crippen LogP contribution < -0.4 is 14.5 Å². The second-order valence-corrected chi connectivity index (χ2v) is 13.4. The number of benzene rings is 2. The molecule has 3 aliphatic heterocycles. The van der Waals surface area contributed by atoms with Gasteiger partial charge in [0.1, 0.15) is 17.4 Å². The summed E-state index contributed by atoms with van der Waals surface area (Å²) in [5.41, 5.74) is -0.0835. The highest BCUT2D eigenvalue weighted by atomic mass is 79.9. The molecule has 9 nitrogen and oxygen atoms in total. The number of halogens is 2. The zero-order valence-electron chi connectivity index (χ0n) is 26.0. The first-order valence-electron chi connectivity index (χ1n) is 15.8. The Kier molecular flexibility index (Phi) is 10.9. The molecule has 246 valence electrons. The van der Waals surface area contributed by atoms with Crippen LogP contribution >= 0.6 is 27.5 Å². The van der Waals surface area contributed by atoms with Crippen molar-refractivity contribution in [3.05, 3.63) is 78.9 Å². The van der Waals surface area contributed by atoms with Gasteiger partial charge in [0.05, 0.1) is 35.3 Å². The number of alkyl halides is 1. The number of hydrogen-bond donors (Lipinski definition) is 1. The number of fused-ring (bicyclic) bond motifs is 1. The van der Waals surface area contributed by atoms with Crippen molar-refractivity contribution in [3.8, 4) is 5.75 Å². The van der Waals surface area contributed by atoms with E-state index < -0.39 is 29.6 Å². The second kappa shape index (κ2) is 14.7. The molecule has 3 amide bonds. The minimum atomic E-state index is -1.23. The molecule has 0 radical (unpaired) electrons. The normalized spacial score (nSPS) is 26.1. The molecule has 0 saturated carbocycles. The van der Waals surface area contributed by atoms with E-state index in [1.165, 1.54) is 0 Å². The number of nitrogens with zero attached hydrogens (tertiary/aromatic N) is 3. The number of amides is 3. The van der Waals surface area contributed by atoms with Crippen molar-refractivity contribution in [2.24, 2.45) is 11.8 Å². The molecule has 0 aliphatic carbocycles. The van der Waals surface area contributed by atoms with Gasteiger partial charge in [-0.2, -0.15) is 0 Å². The van der Waals surface area contributed by atoms with E-state index in [0.29, 0.717) is 54.4 Å². The van der Waals surface area contributed by atoms with Gasteiger partial charge in [-0.3, -0.25) is 14.4 Å². The monoisotopic (exact) mass is 713 g/mol. The number of ether oxygens (including phenoxy) is 2. The number of aliphatic hydroxyl groups is 1. The highest BCUT2D eigenvalue weighted by molar-refractivity contribution is 9.09. The fourth-order valence-electron chi connectivity index (χ4n) is 7.28. The van der Waals surface area contributed by atoms with Gasteiger partial charge in [0.25, 0.3) is 5.91 Å². The van der Waals surface area contributed by atoms with Crippen LogP contribution in [-0.4, -0.2) is 83.2 Å². The third kappa shape index (κ3) is 6.12. The molecule has 1 N–H and O–H groups in total. The van der Waals surface area contributed by atoms with E-state index in [1.54, 1.807) is 63.2 Å². The lowest BCUT2D eigenvalue weighted by Crippen LogP contribution is -2.57. The molecule has 5 rings (SSSR count). The van der Waals surface area contributed by atoms with E-state index in [2.05, 4.69) is 29.1 Å². The van der Waals surface area contributed by atoms with Gasteiger partial charge in [-0.25, -0.2) is 0 Å². The highest BCUT2D eigenvalue weighted by Crippen LogP contribution is 2.60. The Morgan fingerprint density at radius 1 is 1.09 bits per heavy atom. The molecular formula is C35H41BrClN3O6. The Balaban J connectivity index is 1.55. The average molecular weight is 715 g/mol. The smallest absolute Gasteiger partial charge is 0.253 e. The Bertz CT molecular complexity index is 1460. The van der Waals surface area contributed by atoms with E-state index in [0.717, 1.165) is 0 Å². The molecule has 3 aliphatic rings. The molecular weight excluding hydrogens is 674 g/mol. The molecule has 2 bridgehead atoms. The molecule has 1 spiro atoms. The summed E-state index contributed by atoms with van der Waals surface area (Å²) < 4.78 is 12.3. The fraction of sp³-hybridized carbons (Fsp3) is 0.457. The first kappa shape index (κ1) is 34.2. The molecule has 6 atom stereocenters.